The van der Waals surface area contributed by atoms with Crippen LogP contribution in [0.3, 0.4) is 0 Å². The Balaban J connectivity index is 1.27. The van der Waals surface area contributed by atoms with Gasteiger partial charge in [0.15, 0.2) is 6.79 Å². The van der Waals surface area contributed by atoms with Gasteiger partial charge in [0.05, 0.1) is 11.4 Å². The van der Waals surface area contributed by atoms with Crippen molar-refractivity contribution in [3.63, 3.8) is 0 Å². The van der Waals surface area contributed by atoms with Gasteiger partial charge in [0, 0.05) is 43.5 Å². The predicted octanol–water partition coefficient (Wildman–Crippen LogP) is 5.40. The molecule has 2 aromatic carbocycles. The fourth-order valence-corrected chi connectivity index (χ4v) is 4.75. The van der Waals surface area contributed by atoms with Gasteiger partial charge in [-0.1, -0.05) is 12.1 Å². The second-order valence-electron chi connectivity index (χ2n) is 9.19. The Hall–Kier alpha value is -4.37. The Morgan fingerprint density at radius 3 is 2.71 bits per heavy atom. The Morgan fingerprint density at radius 2 is 1.89 bits per heavy atom. The molecule has 9 heteroatoms. The number of hydrogen-bond donors (Lipinski definition) is 0. The molecule has 4 aromatic rings. The van der Waals surface area contributed by atoms with E-state index in [0.717, 1.165) is 17.9 Å². The number of ether oxygens (including phenoxy) is 3. The van der Waals surface area contributed by atoms with Gasteiger partial charge in [0.2, 0.25) is 0 Å². The van der Waals surface area contributed by atoms with E-state index in [1.807, 2.05) is 25.1 Å². The molecule has 6 rings (SSSR count). The predicted molar refractivity (Wildman–Crippen MR) is 141 cm³/mol. The third-order valence-corrected chi connectivity index (χ3v) is 6.76. The number of carbonyl (C=O) groups is 2. The Bertz CT molecular complexity index is 1490. The Morgan fingerprint density at radius 1 is 1.05 bits per heavy atom. The molecule has 0 saturated heterocycles. The van der Waals surface area contributed by atoms with Gasteiger partial charge in [-0.25, -0.2) is 4.79 Å². The molecule has 0 atom stereocenters. The summed E-state index contributed by atoms with van der Waals surface area (Å²) in [5.41, 5.74) is 3.10. The van der Waals surface area contributed by atoms with Gasteiger partial charge in [0.25, 0.3) is 5.91 Å². The van der Waals surface area contributed by atoms with Crippen molar-refractivity contribution in [3.05, 3.63) is 78.3 Å². The summed E-state index contributed by atoms with van der Waals surface area (Å²) in [4.78, 5) is 34.7. The van der Waals surface area contributed by atoms with E-state index in [0.29, 0.717) is 47.2 Å². The first-order valence-corrected chi connectivity index (χ1v) is 12.7. The van der Waals surface area contributed by atoms with E-state index >= 15 is 0 Å². The van der Waals surface area contributed by atoms with Crippen molar-refractivity contribution < 1.29 is 28.2 Å². The molecule has 1 fully saturated rings. The van der Waals surface area contributed by atoms with E-state index in [9.17, 15) is 9.59 Å². The lowest BCUT2D eigenvalue weighted by molar-refractivity contribution is -0.0273. The van der Waals surface area contributed by atoms with E-state index in [1.165, 1.54) is 25.3 Å². The molecule has 0 radical (unpaired) electrons. The molecular weight excluding hydrogens is 486 g/mol. The van der Waals surface area contributed by atoms with Crippen molar-refractivity contribution in [2.45, 2.75) is 25.8 Å². The van der Waals surface area contributed by atoms with Crippen molar-refractivity contribution in [2.24, 2.45) is 0 Å². The number of carbonyl (C=O) groups excluding carboxylic acids is 2. The average Bonchev–Trinajstić information content (AvgIpc) is 3.71. The minimum atomic E-state index is -0.557. The standard InChI is InChI=1S/C29H27N3O6/c1-2-35-18-37-29(34)23-17-36-26-10-9-20(15-21(23)26)38-27-11-12-30-16-22(27)28(33)32-14-13-31(19-7-8-19)24-5-3-4-6-25(24)32/h3-6,9-12,15-17,19H,2,7-8,13-14,18H2,1H3. The number of rotatable bonds is 8. The number of fused-ring (bicyclic) bond motifs is 2. The van der Waals surface area contributed by atoms with Crippen LogP contribution >= 0.6 is 0 Å². The first-order chi connectivity index (χ1) is 18.6. The highest BCUT2D eigenvalue weighted by atomic mass is 16.7. The normalized spacial score (nSPS) is 14.9. The molecule has 1 aliphatic carbocycles. The number of amides is 1. The van der Waals surface area contributed by atoms with E-state index in [1.54, 1.807) is 35.4 Å². The summed E-state index contributed by atoms with van der Waals surface area (Å²) in [5.74, 6) is 0.0751. The van der Waals surface area contributed by atoms with Crippen molar-refractivity contribution in [2.75, 3.05) is 36.3 Å². The number of aromatic nitrogens is 1. The van der Waals surface area contributed by atoms with Crippen LogP contribution in [0.15, 0.2) is 71.6 Å². The van der Waals surface area contributed by atoms with Crippen LogP contribution in [0.2, 0.25) is 0 Å². The summed E-state index contributed by atoms with van der Waals surface area (Å²) < 4.78 is 21.9. The van der Waals surface area contributed by atoms with E-state index in [-0.39, 0.29) is 18.3 Å². The largest absolute Gasteiger partial charge is 0.463 e. The molecule has 1 amide bonds. The van der Waals surface area contributed by atoms with Gasteiger partial charge in [0.1, 0.15) is 34.5 Å². The molecule has 0 N–H and O–H groups in total. The maximum Gasteiger partial charge on any atom is 0.344 e. The van der Waals surface area contributed by atoms with Crippen molar-refractivity contribution in [3.8, 4) is 11.5 Å². The number of pyridine rings is 1. The molecule has 1 aliphatic heterocycles. The monoisotopic (exact) mass is 513 g/mol. The van der Waals surface area contributed by atoms with Crippen molar-refractivity contribution in [1.29, 1.82) is 0 Å². The fourth-order valence-electron chi connectivity index (χ4n) is 4.75. The van der Waals surface area contributed by atoms with Crippen LogP contribution in [0, 0.1) is 0 Å². The summed E-state index contributed by atoms with van der Waals surface area (Å²) >= 11 is 0. The smallest absolute Gasteiger partial charge is 0.344 e. The van der Waals surface area contributed by atoms with Crippen LogP contribution in [0.4, 0.5) is 11.4 Å². The van der Waals surface area contributed by atoms with Gasteiger partial charge in [-0.15, -0.1) is 0 Å². The Kier molecular flexibility index (Phi) is 6.43. The molecule has 2 aromatic heterocycles. The van der Waals surface area contributed by atoms with Crippen molar-refractivity contribution in [1.82, 2.24) is 4.98 Å². The molecule has 3 heterocycles. The number of esters is 1. The number of hydrogen-bond acceptors (Lipinski definition) is 8. The average molecular weight is 514 g/mol. The second-order valence-corrected chi connectivity index (χ2v) is 9.19. The van der Waals surface area contributed by atoms with E-state index in [4.69, 9.17) is 18.6 Å². The number of nitrogens with zero attached hydrogens (tertiary/aromatic N) is 3. The van der Waals surface area contributed by atoms with Gasteiger partial charge in [-0.2, -0.15) is 0 Å². The third-order valence-electron chi connectivity index (χ3n) is 6.76. The highest BCUT2D eigenvalue weighted by molar-refractivity contribution is 6.10. The van der Waals surface area contributed by atoms with Crippen LogP contribution in [0.25, 0.3) is 11.0 Å². The van der Waals surface area contributed by atoms with Crippen LogP contribution in [-0.4, -0.2) is 49.4 Å². The molecular formula is C29H27N3O6. The second kappa shape index (κ2) is 10.2. The van der Waals surface area contributed by atoms with Gasteiger partial charge < -0.3 is 28.4 Å². The zero-order valence-electron chi connectivity index (χ0n) is 21.0. The van der Waals surface area contributed by atoms with E-state index in [2.05, 4.69) is 16.0 Å². The Labute approximate surface area is 219 Å². The van der Waals surface area contributed by atoms with Crippen LogP contribution < -0.4 is 14.5 Å². The quantitative estimate of drug-likeness (QED) is 0.176. The van der Waals surface area contributed by atoms with Crippen LogP contribution in [-0.2, 0) is 9.47 Å². The highest BCUT2D eigenvalue weighted by Gasteiger charge is 2.36. The van der Waals surface area contributed by atoms with E-state index < -0.39 is 5.97 Å². The van der Waals surface area contributed by atoms with Crippen LogP contribution in [0.1, 0.15) is 40.5 Å². The summed E-state index contributed by atoms with van der Waals surface area (Å²) in [6.07, 6.45) is 6.84. The summed E-state index contributed by atoms with van der Waals surface area (Å²) in [6.45, 7) is 3.47. The number of furan rings is 1. The van der Waals surface area contributed by atoms with Gasteiger partial charge in [-0.3, -0.25) is 9.78 Å². The SMILES string of the molecule is CCOCOC(=O)c1coc2ccc(Oc3ccncc3C(=O)N3CCN(C4CC4)c4ccccc43)cc12. The fraction of sp³-hybridized carbons (Fsp3) is 0.276. The first-order valence-electron chi connectivity index (χ1n) is 12.7. The molecule has 0 spiro atoms. The lowest BCUT2D eigenvalue weighted by atomic mass is 10.1. The minimum Gasteiger partial charge on any atom is -0.463 e. The minimum absolute atomic E-state index is 0.140. The molecule has 9 nitrogen and oxygen atoms in total. The third kappa shape index (κ3) is 4.56. The summed E-state index contributed by atoms with van der Waals surface area (Å²) in [6, 6.07) is 15.4. The zero-order chi connectivity index (χ0) is 26.1. The zero-order valence-corrected chi connectivity index (χ0v) is 21.0. The molecule has 0 bridgehead atoms. The lowest BCUT2D eigenvalue weighted by Gasteiger charge is -2.38. The van der Waals surface area contributed by atoms with Gasteiger partial charge in [-0.05, 0) is 56.2 Å². The molecule has 0 unspecified atom stereocenters. The molecule has 38 heavy (non-hydrogen) atoms. The number of anilines is 2. The highest BCUT2D eigenvalue weighted by Crippen LogP contribution is 2.41. The van der Waals surface area contributed by atoms with Gasteiger partial charge >= 0.3 is 5.97 Å². The number of benzene rings is 2. The summed E-state index contributed by atoms with van der Waals surface area (Å²) in [7, 11) is 0. The maximum atomic E-state index is 13.8. The maximum absolute atomic E-state index is 13.8. The van der Waals surface area contributed by atoms with Crippen molar-refractivity contribution >= 4 is 34.2 Å². The molecule has 2 aliphatic rings. The van der Waals surface area contributed by atoms with Crippen LogP contribution in [0.5, 0.6) is 11.5 Å². The number of para-hydroxylation sites is 2. The topological polar surface area (TPSA) is 94.3 Å². The molecule has 194 valence electrons. The first kappa shape index (κ1) is 24.0. The lowest BCUT2D eigenvalue weighted by Crippen LogP contribution is -2.45. The summed E-state index contributed by atoms with van der Waals surface area (Å²) in [5, 5.41) is 0.538. The molecule has 1 saturated carbocycles.